The van der Waals surface area contributed by atoms with Crippen LogP contribution in [-0.2, 0) is 20.7 Å². The van der Waals surface area contributed by atoms with Crippen LogP contribution in [0.2, 0.25) is 5.02 Å². The quantitative estimate of drug-likeness (QED) is 0.313. The first kappa shape index (κ1) is 33.2. The monoisotopic (exact) mass is 634 g/mol. The molecule has 2 amide bonds. The average molecular weight is 635 g/mol. The summed E-state index contributed by atoms with van der Waals surface area (Å²) in [6.45, 7) is 5.11. The Hall–Kier alpha value is -3.74. The number of aromatic nitrogens is 2. The SMILES string of the molecule is CC(C)(C)OC(=O)N1C[C@@H](CCc2c(F)cncc2NC(=O)CC(c2cncc(F)c2)c2ccc(Cl)c(F)c2)OC[C@@H]1CO. The largest absolute Gasteiger partial charge is 0.444 e. The van der Waals surface area contributed by atoms with Crippen LogP contribution in [0.1, 0.15) is 56.2 Å². The molecular formula is C31H34ClF3N4O5. The van der Waals surface area contributed by atoms with Gasteiger partial charge in [-0.25, -0.2) is 18.0 Å². The summed E-state index contributed by atoms with van der Waals surface area (Å²) >= 11 is 5.84. The van der Waals surface area contributed by atoms with Crippen molar-refractivity contribution < 1.29 is 37.3 Å². The summed E-state index contributed by atoms with van der Waals surface area (Å²) < 4.78 is 54.7. The molecule has 1 aliphatic rings. The topological polar surface area (TPSA) is 114 Å². The minimum atomic E-state index is -0.788. The van der Waals surface area contributed by atoms with E-state index >= 15 is 4.39 Å². The Morgan fingerprint density at radius 3 is 2.55 bits per heavy atom. The van der Waals surface area contributed by atoms with Gasteiger partial charge in [0.1, 0.15) is 23.1 Å². The van der Waals surface area contributed by atoms with Crippen molar-refractivity contribution in [3.8, 4) is 0 Å². The average Bonchev–Trinajstić information content (AvgIpc) is 2.96. The van der Waals surface area contributed by atoms with Crippen LogP contribution in [0.5, 0.6) is 0 Å². The molecule has 0 aliphatic carbocycles. The van der Waals surface area contributed by atoms with Crippen LogP contribution in [0.15, 0.2) is 49.1 Å². The fraction of sp³-hybridized carbons (Fsp3) is 0.419. The molecule has 44 heavy (non-hydrogen) atoms. The summed E-state index contributed by atoms with van der Waals surface area (Å²) in [5, 5.41) is 12.3. The lowest BCUT2D eigenvalue weighted by molar-refractivity contribution is -0.116. The molecule has 0 radical (unpaired) electrons. The number of nitrogens with zero attached hydrogens (tertiary/aromatic N) is 3. The number of anilines is 1. The Morgan fingerprint density at radius 1 is 1.11 bits per heavy atom. The van der Waals surface area contributed by atoms with E-state index in [-0.39, 0.29) is 55.3 Å². The van der Waals surface area contributed by atoms with Gasteiger partial charge in [0.2, 0.25) is 5.91 Å². The van der Waals surface area contributed by atoms with E-state index < -0.39 is 53.1 Å². The lowest BCUT2D eigenvalue weighted by Gasteiger charge is -2.39. The first-order valence-corrected chi connectivity index (χ1v) is 14.4. The van der Waals surface area contributed by atoms with Gasteiger partial charge in [-0.2, -0.15) is 0 Å². The molecule has 13 heteroatoms. The van der Waals surface area contributed by atoms with Crippen LogP contribution in [-0.4, -0.2) is 69.5 Å². The highest BCUT2D eigenvalue weighted by Gasteiger charge is 2.35. The zero-order valence-electron chi connectivity index (χ0n) is 24.5. The van der Waals surface area contributed by atoms with Crippen LogP contribution < -0.4 is 5.32 Å². The molecule has 0 bridgehead atoms. The van der Waals surface area contributed by atoms with Gasteiger partial charge in [-0.15, -0.1) is 0 Å². The fourth-order valence-corrected chi connectivity index (χ4v) is 5.04. The summed E-state index contributed by atoms with van der Waals surface area (Å²) in [6, 6.07) is 4.68. The molecular weight excluding hydrogens is 601 g/mol. The number of pyridine rings is 2. The third-order valence-corrected chi connectivity index (χ3v) is 7.37. The zero-order valence-corrected chi connectivity index (χ0v) is 25.3. The smallest absolute Gasteiger partial charge is 0.410 e. The molecule has 2 aromatic heterocycles. The second kappa shape index (κ2) is 14.4. The van der Waals surface area contributed by atoms with E-state index in [2.05, 4.69) is 15.3 Å². The number of hydrogen-bond acceptors (Lipinski definition) is 7. The summed E-state index contributed by atoms with van der Waals surface area (Å²) in [4.78, 5) is 35.2. The normalized spacial score (nSPS) is 17.7. The minimum Gasteiger partial charge on any atom is -0.444 e. The van der Waals surface area contributed by atoms with E-state index in [1.165, 1.54) is 41.6 Å². The molecule has 1 fully saturated rings. The van der Waals surface area contributed by atoms with Gasteiger partial charge in [-0.1, -0.05) is 17.7 Å². The molecule has 1 aromatic carbocycles. The summed E-state index contributed by atoms with van der Waals surface area (Å²) in [7, 11) is 0. The highest BCUT2D eigenvalue weighted by atomic mass is 35.5. The van der Waals surface area contributed by atoms with E-state index in [0.29, 0.717) is 11.1 Å². The van der Waals surface area contributed by atoms with Crippen LogP contribution in [0.25, 0.3) is 0 Å². The maximum atomic E-state index is 15.0. The van der Waals surface area contributed by atoms with Crippen LogP contribution in [0.4, 0.5) is 23.7 Å². The Labute approximate surface area is 258 Å². The number of ether oxygens (including phenoxy) is 2. The van der Waals surface area contributed by atoms with Gasteiger partial charge in [-0.3, -0.25) is 19.7 Å². The van der Waals surface area contributed by atoms with Crippen molar-refractivity contribution in [3.05, 3.63) is 88.2 Å². The van der Waals surface area contributed by atoms with Gasteiger partial charge >= 0.3 is 6.09 Å². The highest BCUT2D eigenvalue weighted by molar-refractivity contribution is 6.30. The molecule has 3 heterocycles. The molecule has 2 N–H and O–H groups in total. The van der Waals surface area contributed by atoms with Gasteiger partial charge in [-0.05, 0) is 62.9 Å². The molecule has 4 rings (SSSR count). The predicted octanol–water partition coefficient (Wildman–Crippen LogP) is 5.64. The molecule has 1 unspecified atom stereocenters. The van der Waals surface area contributed by atoms with Crippen LogP contribution >= 0.6 is 11.6 Å². The number of halogens is 4. The van der Waals surface area contributed by atoms with Crippen molar-refractivity contribution in [2.75, 3.05) is 25.1 Å². The number of carbonyl (C=O) groups excluding carboxylic acids is 2. The summed E-state index contributed by atoms with van der Waals surface area (Å²) in [6.07, 6.45) is 3.81. The first-order valence-electron chi connectivity index (χ1n) is 14.0. The highest BCUT2D eigenvalue weighted by Crippen LogP contribution is 2.31. The molecule has 0 spiro atoms. The summed E-state index contributed by atoms with van der Waals surface area (Å²) in [5.41, 5.74) is 0.277. The number of rotatable bonds is 9. The van der Waals surface area contributed by atoms with Gasteiger partial charge in [0.05, 0.1) is 61.2 Å². The Balaban J connectivity index is 1.48. The second-order valence-electron chi connectivity index (χ2n) is 11.5. The number of aliphatic hydroxyl groups excluding tert-OH is 1. The lowest BCUT2D eigenvalue weighted by atomic mass is 9.89. The Morgan fingerprint density at radius 2 is 1.86 bits per heavy atom. The summed E-state index contributed by atoms with van der Waals surface area (Å²) in [5.74, 6) is -3.32. The number of carbonyl (C=O) groups is 2. The van der Waals surface area contributed by atoms with Crippen molar-refractivity contribution in [2.45, 2.75) is 63.7 Å². The van der Waals surface area contributed by atoms with E-state index in [9.17, 15) is 23.5 Å². The van der Waals surface area contributed by atoms with E-state index in [0.717, 1.165) is 12.4 Å². The van der Waals surface area contributed by atoms with Gasteiger partial charge < -0.3 is 19.9 Å². The number of morpholine rings is 1. The molecule has 3 aromatic rings. The molecule has 1 saturated heterocycles. The van der Waals surface area contributed by atoms with Crippen molar-refractivity contribution in [1.82, 2.24) is 14.9 Å². The number of benzene rings is 1. The van der Waals surface area contributed by atoms with Crippen molar-refractivity contribution >= 4 is 29.3 Å². The Kier molecular flexibility index (Phi) is 10.8. The zero-order chi connectivity index (χ0) is 32.0. The Bertz CT molecular complexity index is 1490. The van der Waals surface area contributed by atoms with Gasteiger partial charge in [0.15, 0.2) is 0 Å². The van der Waals surface area contributed by atoms with Crippen LogP contribution in [0.3, 0.4) is 0 Å². The molecule has 3 atom stereocenters. The van der Waals surface area contributed by atoms with Crippen molar-refractivity contribution in [2.24, 2.45) is 0 Å². The number of nitrogens with one attached hydrogen (secondary N) is 1. The lowest BCUT2D eigenvalue weighted by Crippen LogP contribution is -2.55. The van der Waals surface area contributed by atoms with Crippen molar-refractivity contribution in [3.63, 3.8) is 0 Å². The molecule has 236 valence electrons. The maximum Gasteiger partial charge on any atom is 0.410 e. The molecule has 0 saturated carbocycles. The van der Waals surface area contributed by atoms with Crippen LogP contribution in [0, 0.1) is 17.5 Å². The third kappa shape index (κ3) is 8.67. The minimum absolute atomic E-state index is 0.0739. The van der Waals surface area contributed by atoms with E-state index in [1.54, 1.807) is 20.8 Å². The van der Waals surface area contributed by atoms with E-state index in [4.69, 9.17) is 21.1 Å². The number of amides is 2. The predicted molar refractivity (Wildman–Crippen MR) is 157 cm³/mol. The first-order chi connectivity index (χ1) is 20.8. The van der Waals surface area contributed by atoms with Gasteiger partial charge in [0.25, 0.3) is 0 Å². The third-order valence-electron chi connectivity index (χ3n) is 7.06. The second-order valence-corrected chi connectivity index (χ2v) is 11.9. The fourth-order valence-electron chi connectivity index (χ4n) is 4.92. The molecule has 9 nitrogen and oxygen atoms in total. The number of hydrogen-bond donors (Lipinski definition) is 2. The standard InChI is InChI=1S/C31H34ClF3N4O5/c1-31(2,3)44-30(42)39-15-22(43-17-21(39)16-40)5-6-23-27(35)13-37-14-28(23)38-29(41)10-24(19-8-20(33)12-36-11-19)18-4-7-25(32)26(34)9-18/h4,7-9,11-14,21-22,24,40H,5-6,10,15-17H2,1-3H3,(H,38,41)/t21-,22+,24?/m0/s1. The number of aliphatic hydroxyl groups is 1. The van der Waals surface area contributed by atoms with Gasteiger partial charge in [0, 0.05) is 24.1 Å². The maximum absolute atomic E-state index is 15.0. The van der Waals surface area contributed by atoms with Crippen molar-refractivity contribution in [1.29, 1.82) is 0 Å². The van der Waals surface area contributed by atoms with E-state index in [1.807, 2.05) is 0 Å². The molecule has 1 aliphatic heterocycles.